The van der Waals surface area contributed by atoms with Crippen molar-refractivity contribution in [1.29, 1.82) is 5.26 Å². The molecule has 2 aromatic carbocycles. The van der Waals surface area contributed by atoms with Crippen LogP contribution in [-0.2, 0) is 0 Å². The molecular formula is C27H20N2O4S. The zero-order valence-electron chi connectivity index (χ0n) is 18.4. The van der Waals surface area contributed by atoms with E-state index in [2.05, 4.69) is 6.07 Å². The fourth-order valence-electron chi connectivity index (χ4n) is 3.81. The molecule has 1 saturated carbocycles. The molecule has 2 heterocycles. The van der Waals surface area contributed by atoms with E-state index >= 15 is 0 Å². The van der Waals surface area contributed by atoms with Crippen LogP contribution in [0.3, 0.4) is 0 Å². The Morgan fingerprint density at radius 3 is 2.65 bits per heavy atom. The maximum Gasteiger partial charge on any atom is 0.347 e. The lowest BCUT2D eigenvalue weighted by atomic mass is 10.00. The van der Waals surface area contributed by atoms with Gasteiger partial charge in [0, 0.05) is 22.6 Å². The maximum atomic E-state index is 12.9. The number of pyridine rings is 1. The zero-order valence-corrected chi connectivity index (χ0v) is 19.2. The molecule has 4 aromatic rings. The van der Waals surface area contributed by atoms with Crippen LogP contribution in [0, 0.1) is 11.3 Å². The predicted molar refractivity (Wildman–Crippen MR) is 130 cm³/mol. The zero-order chi connectivity index (χ0) is 23.7. The number of methoxy groups -OCH3 is 1. The molecule has 1 fully saturated rings. The predicted octanol–water partition coefficient (Wildman–Crippen LogP) is 5.59. The van der Waals surface area contributed by atoms with Crippen molar-refractivity contribution in [2.45, 2.75) is 23.8 Å². The smallest absolute Gasteiger partial charge is 0.347 e. The number of benzene rings is 2. The van der Waals surface area contributed by atoms with Gasteiger partial charge in [-0.25, -0.2) is 9.78 Å². The Labute approximate surface area is 200 Å². The van der Waals surface area contributed by atoms with Crippen LogP contribution < -0.4 is 10.4 Å². The highest BCUT2D eigenvalue weighted by Crippen LogP contribution is 2.42. The Morgan fingerprint density at radius 1 is 1.18 bits per heavy atom. The molecule has 6 nitrogen and oxygen atoms in total. The third-order valence-corrected chi connectivity index (χ3v) is 6.77. The molecule has 7 heteroatoms. The van der Waals surface area contributed by atoms with Crippen molar-refractivity contribution in [2.75, 3.05) is 12.9 Å². The number of hydrogen-bond acceptors (Lipinski definition) is 7. The fraction of sp³-hybridized carbons (Fsp3) is 0.185. The van der Waals surface area contributed by atoms with Crippen molar-refractivity contribution >= 4 is 28.5 Å². The van der Waals surface area contributed by atoms with E-state index in [0.717, 1.165) is 35.4 Å². The van der Waals surface area contributed by atoms with Gasteiger partial charge >= 0.3 is 5.63 Å². The van der Waals surface area contributed by atoms with E-state index in [9.17, 15) is 14.9 Å². The van der Waals surface area contributed by atoms with Crippen molar-refractivity contribution in [3.8, 4) is 22.9 Å². The second-order valence-electron chi connectivity index (χ2n) is 8.09. The number of carbonyl (C=O) groups is 1. The van der Waals surface area contributed by atoms with Gasteiger partial charge in [0.25, 0.3) is 0 Å². The highest BCUT2D eigenvalue weighted by molar-refractivity contribution is 8.00. The Kier molecular flexibility index (Phi) is 5.91. The Morgan fingerprint density at radius 2 is 1.94 bits per heavy atom. The Bertz CT molecular complexity index is 1500. The van der Waals surface area contributed by atoms with Crippen LogP contribution in [0.2, 0.25) is 0 Å². The van der Waals surface area contributed by atoms with Gasteiger partial charge in [0.1, 0.15) is 28.0 Å². The van der Waals surface area contributed by atoms with Gasteiger partial charge < -0.3 is 9.15 Å². The number of hydrogen-bond donors (Lipinski definition) is 0. The van der Waals surface area contributed by atoms with E-state index < -0.39 is 5.63 Å². The molecule has 0 saturated heterocycles. The van der Waals surface area contributed by atoms with Gasteiger partial charge in [-0.05, 0) is 48.7 Å². The van der Waals surface area contributed by atoms with Crippen molar-refractivity contribution in [3.63, 3.8) is 0 Å². The number of thioether (sulfide) groups is 1. The molecule has 0 unspecified atom stereocenters. The van der Waals surface area contributed by atoms with Crippen LogP contribution in [0.15, 0.2) is 74.9 Å². The molecular weight excluding hydrogens is 448 g/mol. The number of Topliss-reactive ketones (excluding diaryl/α,β-unsaturated/α-hetero) is 1. The molecule has 0 N–H and O–H groups in total. The van der Waals surface area contributed by atoms with Gasteiger partial charge in [-0.3, -0.25) is 4.79 Å². The molecule has 0 bridgehead atoms. The monoisotopic (exact) mass is 468 g/mol. The van der Waals surface area contributed by atoms with Crippen LogP contribution in [0.1, 0.15) is 40.4 Å². The first-order valence-electron chi connectivity index (χ1n) is 10.9. The van der Waals surface area contributed by atoms with Crippen LogP contribution in [0.4, 0.5) is 0 Å². The lowest BCUT2D eigenvalue weighted by Gasteiger charge is -2.12. The molecule has 0 amide bonds. The van der Waals surface area contributed by atoms with Crippen molar-refractivity contribution in [3.05, 3.63) is 87.9 Å². The summed E-state index contributed by atoms with van der Waals surface area (Å²) in [5, 5.41) is 11.2. The average Bonchev–Trinajstić information content (AvgIpc) is 3.72. The van der Waals surface area contributed by atoms with E-state index in [1.165, 1.54) is 11.8 Å². The fourth-order valence-corrected chi connectivity index (χ4v) is 4.70. The van der Waals surface area contributed by atoms with Crippen molar-refractivity contribution in [1.82, 2.24) is 4.98 Å². The summed E-state index contributed by atoms with van der Waals surface area (Å²) in [6.07, 6.45) is 2.12. The molecule has 5 rings (SSSR count). The molecule has 1 aliphatic carbocycles. The van der Waals surface area contributed by atoms with Gasteiger partial charge in [0.15, 0.2) is 5.78 Å². The molecule has 0 aliphatic heterocycles. The third-order valence-electron chi connectivity index (χ3n) is 5.80. The molecule has 34 heavy (non-hydrogen) atoms. The number of nitrogens with zero attached hydrogens (tertiary/aromatic N) is 2. The first kappa shape index (κ1) is 21.9. The SMILES string of the molecule is COc1ccc(-c2cc(C3CC3)nc(SCC(=O)c3cc4ccccc4oc3=O)c2C#N)cc1. The number of fused-ring (bicyclic) bond motifs is 1. The highest BCUT2D eigenvalue weighted by atomic mass is 32.2. The minimum Gasteiger partial charge on any atom is -0.497 e. The van der Waals surface area contributed by atoms with Gasteiger partial charge in [-0.1, -0.05) is 42.1 Å². The summed E-state index contributed by atoms with van der Waals surface area (Å²) in [5.41, 5.74) is 2.77. The number of rotatable bonds is 7. The van der Waals surface area contributed by atoms with Crippen LogP contribution in [0.5, 0.6) is 5.75 Å². The first-order chi connectivity index (χ1) is 16.6. The van der Waals surface area contributed by atoms with Gasteiger partial charge in [0.2, 0.25) is 0 Å². The minimum atomic E-state index is -0.664. The largest absolute Gasteiger partial charge is 0.497 e. The van der Waals surface area contributed by atoms with Crippen LogP contribution >= 0.6 is 11.8 Å². The molecule has 1 aliphatic rings. The minimum absolute atomic E-state index is 0.00145. The third kappa shape index (κ3) is 4.33. The highest BCUT2D eigenvalue weighted by Gasteiger charge is 2.28. The second-order valence-corrected chi connectivity index (χ2v) is 9.05. The maximum absolute atomic E-state index is 12.9. The number of aromatic nitrogens is 1. The van der Waals surface area contributed by atoms with Gasteiger partial charge in [-0.2, -0.15) is 5.26 Å². The second kappa shape index (κ2) is 9.16. The number of para-hydroxylation sites is 1. The van der Waals surface area contributed by atoms with Crippen molar-refractivity contribution in [2.24, 2.45) is 0 Å². The van der Waals surface area contributed by atoms with Crippen molar-refractivity contribution < 1.29 is 13.9 Å². The summed E-state index contributed by atoms with van der Waals surface area (Å²) in [6.45, 7) is 0. The van der Waals surface area contributed by atoms with E-state index in [1.807, 2.05) is 36.4 Å². The quantitative estimate of drug-likeness (QED) is 0.198. The van der Waals surface area contributed by atoms with Crippen LogP contribution in [-0.4, -0.2) is 23.6 Å². The normalized spacial score (nSPS) is 12.9. The first-order valence-corrected chi connectivity index (χ1v) is 11.8. The lowest BCUT2D eigenvalue weighted by molar-refractivity contribution is 0.101. The molecule has 0 atom stereocenters. The topological polar surface area (TPSA) is 93.2 Å². The lowest BCUT2D eigenvalue weighted by Crippen LogP contribution is -2.15. The Balaban J connectivity index is 1.48. The van der Waals surface area contributed by atoms with E-state index in [0.29, 0.717) is 27.5 Å². The van der Waals surface area contributed by atoms with E-state index in [-0.39, 0.29) is 17.1 Å². The van der Waals surface area contributed by atoms with E-state index in [1.54, 1.807) is 31.4 Å². The number of ketones is 1. The summed E-state index contributed by atoms with van der Waals surface area (Å²) >= 11 is 1.18. The molecule has 2 aromatic heterocycles. The summed E-state index contributed by atoms with van der Waals surface area (Å²) < 4.78 is 10.6. The number of nitriles is 1. The summed E-state index contributed by atoms with van der Waals surface area (Å²) in [5.74, 6) is 0.708. The van der Waals surface area contributed by atoms with Crippen LogP contribution in [0.25, 0.3) is 22.1 Å². The molecule has 0 spiro atoms. The molecule has 168 valence electrons. The average molecular weight is 469 g/mol. The van der Waals surface area contributed by atoms with E-state index in [4.69, 9.17) is 14.1 Å². The summed E-state index contributed by atoms with van der Waals surface area (Å²) in [7, 11) is 1.61. The van der Waals surface area contributed by atoms with Gasteiger partial charge in [0.05, 0.1) is 18.4 Å². The Hall–Kier alpha value is -3.89. The van der Waals surface area contributed by atoms with Gasteiger partial charge in [-0.15, -0.1) is 0 Å². The molecule has 0 radical (unpaired) electrons. The summed E-state index contributed by atoms with van der Waals surface area (Å²) in [4.78, 5) is 30.0. The number of carbonyl (C=O) groups excluding carboxylic acids is 1. The summed E-state index contributed by atoms with van der Waals surface area (Å²) in [6, 6.07) is 20.4. The standard InChI is InChI=1S/C27H20N2O4S/c1-32-19-10-8-16(9-11-19)20-13-23(17-6-7-17)29-26(22(20)14-28)34-15-24(30)21-12-18-4-2-3-5-25(18)33-27(21)31/h2-5,8-13,17H,6-7,15H2,1H3. The number of ether oxygens (including phenoxy) is 1.